The first kappa shape index (κ1) is 24.6. The average molecular weight is 467 g/mol. The molecule has 180 valence electrons. The molecular formula is C23H28F3N3O4. The third-order valence-corrected chi connectivity index (χ3v) is 6.04. The lowest BCUT2D eigenvalue weighted by Gasteiger charge is -2.27. The van der Waals surface area contributed by atoms with Crippen LogP contribution in [0.2, 0.25) is 0 Å². The first-order valence-electron chi connectivity index (χ1n) is 10.7. The molecule has 2 aliphatic rings. The van der Waals surface area contributed by atoms with Gasteiger partial charge in [0, 0.05) is 41.8 Å². The van der Waals surface area contributed by atoms with Gasteiger partial charge in [-0.25, -0.2) is 0 Å². The Morgan fingerprint density at radius 1 is 1.30 bits per heavy atom. The highest BCUT2D eigenvalue weighted by Gasteiger charge is 2.41. The summed E-state index contributed by atoms with van der Waals surface area (Å²) < 4.78 is 42.3. The molecule has 2 heterocycles. The predicted octanol–water partition coefficient (Wildman–Crippen LogP) is 3.40. The molecule has 1 aromatic carbocycles. The second kappa shape index (κ2) is 9.07. The van der Waals surface area contributed by atoms with E-state index in [1.807, 2.05) is 24.8 Å². The molecule has 0 spiro atoms. The number of halogens is 3. The Morgan fingerprint density at radius 2 is 2.00 bits per heavy atom. The molecular weight excluding hydrogens is 439 g/mol. The third-order valence-electron chi connectivity index (χ3n) is 6.04. The first-order chi connectivity index (χ1) is 15.3. The molecule has 2 aliphatic heterocycles. The van der Waals surface area contributed by atoms with E-state index in [1.54, 1.807) is 12.1 Å². The fraction of sp³-hybridized carbons (Fsp3) is 0.522. The van der Waals surface area contributed by atoms with Crippen molar-refractivity contribution in [1.82, 2.24) is 10.6 Å². The largest absolute Gasteiger partial charge is 0.497 e. The number of anilines is 1. The summed E-state index contributed by atoms with van der Waals surface area (Å²) in [6.07, 6.45) is -4.13. The van der Waals surface area contributed by atoms with Crippen LogP contribution in [0.4, 0.5) is 18.9 Å². The zero-order valence-electron chi connectivity index (χ0n) is 19.0. The number of rotatable bonds is 6. The Kier molecular flexibility index (Phi) is 6.76. The summed E-state index contributed by atoms with van der Waals surface area (Å²) in [5, 5.41) is 4.92. The van der Waals surface area contributed by atoms with Crippen molar-refractivity contribution in [3.63, 3.8) is 0 Å². The zero-order chi connectivity index (χ0) is 24.6. The Balaban J connectivity index is 1.83. The summed E-state index contributed by atoms with van der Waals surface area (Å²) in [6, 6.07) is 3.09. The highest BCUT2D eigenvalue weighted by molar-refractivity contribution is 6.02. The van der Waals surface area contributed by atoms with Gasteiger partial charge in [-0.3, -0.25) is 14.4 Å². The van der Waals surface area contributed by atoms with E-state index in [9.17, 15) is 27.6 Å². The second-order valence-corrected chi connectivity index (χ2v) is 8.99. The van der Waals surface area contributed by atoms with Crippen LogP contribution in [-0.4, -0.2) is 43.5 Å². The van der Waals surface area contributed by atoms with Crippen molar-refractivity contribution in [2.45, 2.75) is 58.3 Å². The molecule has 10 heteroatoms. The summed E-state index contributed by atoms with van der Waals surface area (Å²) in [7, 11) is 1.54. The lowest BCUT2D eigenvalue weighted by molar-refractivity contribution is -0.144. The topological polar surface area (TPSA) is 87.7 Å². The Hall–Kier alpha value is -3.04. The zero-order valence-corrected chi connectivity index (χ0v) is 19.0. The number of hydrogen-bond acceptors (Lipinski definition) is 5. The molecule has 0 aliphatic carbocycles. The van der Waals surface area contributed by atoms with Gasteiger partial charge in [0.05, 0.1) is 19.2 Å². The van der Waals surface area contributed by atoms with Crippen molar-refractivity contribution in [3.05, 3.63) is 35.5 Å². The van der Waals surface area contributed by atoms with Crippen LogP contribution in [0.1, 0.15) is 51.6 Å². The van der Waals surface area contributed by atoms with Gasteiger partial charge in [-0.15, -0.1) is 0 Å². The summed E-state index contributed by atoms with van der Waals surface area (Å²) in [4.78, 5) is 39.8. The van der Waals surface area contributed by atoms with Gasteiger partial charge in [-0.2, -0.15) is 13.2 Å². The van der Waals surface area contributed by atoms with Crippen LogP contribution in [0.3, 0.4) is 0 Å². The van der Waals surface area contributed by atoms with Crippen molar-refractivity contribution in [2.24, 2.45) is 5.41 Å². The van der Waals surface area contributed by atoms with Gasteiger partial charge in [0.2, 0.25) is 11.8 Å². The number of fused-ring (bicyclic) bond motifs is 3. The van der Waals surface area contributed by atoms with E-state index in [1.165, 1.54) is 20.1 Å². The molecule has 0 aromatic heterocycles. The highest BCUT2D eigenvalue weighted by Crippen LogP contribution is 2.47. The van der Waals surface area contributed by atoms with Crippen molar-refractivity contribution in [2.75, 3.05) is 18.6 Å². The number of hydrogen-bond donors (Lipinski definition) is 2. The standard InChI is InChI=1S/C23H28F3N3O4/c1-13(27-19(31)7-8-23(24,25)26)21(32)28-20-15-6-5-14(33-4)11-16(15)29-10-9-22(2,3)18(29)12-17(20)30/h5-6,11-13,20H,7-10H2,1-4H3,(H,27,31)(H,28,32)/t13?,20-/m0/s1. The SMILES string of the molecule is COc1ccc2c(c1)N1CCC(C)(C)C1=CC(=O)[C@H]2NC(=O)C(C)NC(=O)CCC(F)(F)F. The van der Waals surface area contributed by atoms with E-state index >= 15 is 0 Å². The smallest absolute Gasteiger partial charge is 0.389 e. The van der Waals surface area contributed by atoms with Gasteiger partial charge >= 0.3 is 6.18 Å². The van der Waals surface area contributed by atoms with Gasteiger partial charge in [-0.05, 0) is 19.4 Å². The Bertz CT molecular complexity index is 988. The van der Waals surface area contributed by atoms with E-state index in [0.29, 0.717) is 17.9 Å². The van der Waals surface area contributed by atoms with Gasteiger partial charge in [0.25, 0.3) is 0 Å². The molecule has 0 saturated carbocycles. The number of allylic oxidation sites excluding steroid dienone is 1. The fourth-order valence-electron chi connectivity index (χ4n) is 4.08. The number of ketones is 1. The predicted molar refractivity (Wildman–Crippen MR) is 116 cm³/mol. The van der Waals surface area contributed by atoms with Crippen molar-refractivity contribution in [1.29, 1.82) is 0 Å². The van der Waals surface area contributed by atoms with Gasteiger partial charge in [-0.1, -0.05) is 19.9 Å². The average Bonchev–Trinajstić information content (AvgIpc) is 2.96. The Morgan fingerprint density at radius 3 is 2.64 bits per heavy atom. The lowest BCUT2D eigenvalue weighted by atomic mass is 9.88. The molecule has 2 N–H and O–H groups in total. The summed E-state index contributed by atoms with van der Waals surface area (Å²) in [5.41, 5.74) is 1.92. The van der Waals surface area contributed by atoms with Crippen LogP contribution in [-0.2, 0) is 14.4 Å². The molecule has 1 aromatic rings. The monoisotopic (exact) mass is 467 g/mol. The molecule has 3 rings (SSSR count). The normalized spacial score (nSPS) is 20.2. The quantitative estimate of drug-likeness (QED) is 0.670. The van der Waals surface area contributed by atoms with Gasteiger partial charge < -0.3 is 20.3 Å². The fourth-order valence-corrected chi connectivity index (χ4v) is 4.08. The molecule has 1 saturated heterocycles. The number of carbonyl (C=O) groups is 3. The van der Waals surface area contributed by atoms with Crippen molar-refractivity contribution >= 4 is 23.3 Å². The minimum Gasteiger partial charge on any atom is -0.497 e. The number of carbonyl (C=O) groups excluding carboxylic acids is 3. The minimum atomic E-state index is -4.46. The number of benzene rings is 1. The van der Waals surface area contributed by atoms with Crippen LogP contribution >= 0.6 is 0 Å². The van der Waals surface area contributed by atoms with Crippen molar-refractivity contribution in [3.8, 4) is 5.75 Å². The summed E-state index contributed by atoms with van der Waals surface area (Å²) >= 11 is 0. The number of methoxy groups -OCH3 is 1. The van der Waals surface area contributed by atoms with E-state index in [0.717, 1.165) is 17.8 Å². The van der Waals surface area contributed by atoms with Crippen LogP contribution < -0.4 is 20.3 Å². The highest BCUT2D eigenvalue weighted by atomic mass is 19.4. The molecule has 0 radical (unpaired) electrons. The summed E-state index contributed by atoms with van der Waals surface area (Å²) in [6.45, 7) is 6.14. The molecule has 0 bridgehead atoms. The molecule has 2 amide bonds. The van der Waals surface area contributed by atoms with Gasteiger partial charge in [0.15, 0.2) is 5.78 Å². The third kappa shape index (κ3) is 5.48. The van der Waals surface area contributed by atoms with Crippen LogP contribution in [0.25, 0.3) is 0 Å². The Labute approximate surface area is 190 Å². The molecule has 7 nitrogen and oxygen atoms in total. The summed E-state index contributed by atoms with van der Waals surface area (Å²) in [5.74, 6) is -1.28. The maximum Gasteiger partial charge on any atom is 0.389 e. The van der Waals surface area contributed by atoms with Crippen molar-refractivity contribution < 1.29 is 32.3 Å². The molecule has 2 atom stereocenters. The first-order valence-corrected chi connectivity index (χ1v) is 10.7. The van der Waals surface area contributed by atoms with E-state index < -0.39 is 42.9 Å². The lowest BCUT2D eigenvalue weighted by Crippen LogP contribution is -2.47. The van der Waals surface area contributed by atoms with E-state index in [-0.39, 0.29) is 11.2 Å². The molecule has 33 heavy (non-hydrogen) atoms. The minimum absolute atomic E-state index is 0.241. The van der Waals surface area contributed by atoms with Gasteiger partial charge in [0.1, 0.15) is 17.8 Å². The maximum absolute atomic E-state index is 13.2. The number of ether oxygens (including phenoxy) is 1. The molecule has 1 unspecified atom stereocenters. The second-order valence-electron chi connectivity index (χ2n) is 8.99. The van der Waals surface area contributed by atoms with Crippen LogP contribution in [0.5, 0.6) is 5.75 Å². The van der Waals surface area contributed by atoms with Crippen LogP contribution in [0.15, 0.2) is 30.0 Å². The van der Waals surface area contributed by atoms with E-state index in [2.05, 4.69) is 10.6 Å². The number of nitrogens with zero attached hydrogens (tertiary/aromatic N) is 1. The number of alkyl halides is 3. The van der Waals surface area contributed by atoms with E-state index in [4.69, 9.17) is 4.74 Å². The maximum atomic E-state index is 13.2. The number of amides is 2. The molecule has 1 fully saturated rings. The number of nitrogens with one attached hydrogen (secondary N) is 2. The van der Waals surface area contributed by atoms with Crippen LogP contribution in [0, 0.1) is 5.41 Å².